The van der Waals surface area contributed by atoms with E-state index in [0.29, 0.717) is 6.42 Å². The molecule has 5 atom stereocenters. The maximum Gasteiger partial charge on any atom is 0.183 e. The Bertz CT molecular complexity index is 1060. The zero-order valence-electron chi connectivity index (χ0n) is 19.9. The Hall–Kier alpha value is -2.10. The van der Waals surface area contributed by atoms with Gasteiger partial charge in [0.15, 0.2) is 15.6 Å². The lowest BCUT2D eigenvalue weighted by Crippen LogP contribution is -2.43. The molecule has 2 aromatic carbocycles. The first-order chi connectivity index (χ1) is 16.3. The number of methoxy groups -OCH3 is 1. The Morgan fingerprint density at radius 1 is 1.12 bits per heavy atom. The first-order valence-electron chi connectivity index (χ1n) is 11.6. The van der Waals surface area contributed by atoms with Crippen LogP contribution >= 0.6 is 0 Å². The van der Waals surface area contributed by atoms with Crippen molar-refractivity contribution in [2.75, 3.05) is 20.5 Å². The SMILES string of the molecule is COCO[C@@H]1C[C@H]1C[C@@H]([C@@H](N=Cc1ccccc1)[C@H]1COC(C)(C)O1)S(=O)(=O)c1ccccc1. The normalized spacial score (nSPS) is 25.9. The van der Waals surface area contributed by atoms with Gasteiger partial charge in [0.25, 0.3) is 0 Å². The van der Waals surface area contributed by atoms with E-state index in [0.717, 1.165) is 12.0 Å². The summed E-state index contributed by atoms with van der Waals surface area (Å²) in [6.45, 7) is 4.14. The smallest absolute Gasteiger partial charge is 0.183 e. The third-order valence-electron chi connectivity index (χ3n) is 6.25. The molecule has 4 rings (SSSR count). The van der Waals surface area contributed by atoms with Gasteiger partial charge in [-0.15, -0.1) is 0 Å². The van der Waals surface area contributed by atoms with Crippen molar-refractivity contribution in [2.45, 2.75) is 60.9 Å². The molecule has 0 amide bonds. The molecule has 34 heavy (non-hydrogen) atoms. The predicted octanol–water partition coefficient (Wildman–Crippen LogP) is 3.87. The first-order valence-corrected chi connectivity index (χ1v) is 13.1. The van der Waals surface area contributed by atoms with Gasteiger partial charge in [-0.1, -0.05) is 48.5 Å². The maximum absolute atomic E-state index is 14.0. The summed E-state index contributed by atoms with van der Waals surface area (Å²) in [7, 11) is -2.14. The largest absolute Gasteiger partial charge is 0.359 e. The van der Waals surface area contributed by atoms with Crippen LogP contribution in [0.2, 0.25) is 0 Å². The Balaban J connectivity index is 1.68. The molecule has 8 heteroatoms. The van der Waals surface area contributed by atoms with Crippen molar-refractivity contribution in [3.05, 3.63) is 66.2 Å². The summed E-state index contributed by atoms with van der Waals surface area (Å²) in [6.07, 6.45) is 2.45. The van der Waals surface area contributed by atoms with Crippen LogP contribution in [0.5, 0.6) is 0 Å². The van der Waals surface area contributed by atoms with Gasteiger partial charge in [-0.2, -0.15) is 0 Å². The van der Waals surface area contributed by atoms with E-state index in [2.05, 4.69) is 0 Å². The van der Waals surface area contributed by atoms with Gasteiger partial charge in [0.2, 0.25) is 0 Å². The van der Waals surface area contributed by atoms with Gasteiger partial charge in [0.1, 0.15) is 12.9 Å². The lowest BCUT2D eigenvalue weighted by molar-refractivity contribution is -0.140. The van der Waals surface area contributed by atoms with Crippen LogP contribution < -0.4 is 0 Å². The molecular formula is C26H33NO6S. The number of hydrogen-bond donors (Lipinski definition) is 0. The van der Waals surface area contributed by atoms with Crippen LogP contribution in [0.25, 0.3) is 0 Å². The van der Waals surface area contributed by atoms with Crippen molar-refractivity contribution in [1.29, 1.82) is 0 Å². The molecule has 0 N–H and O–H groups in total. The van der Waals surface area contributed by atoms with Gasteiger partial charge >= 0.3 is 0 Å². The fourth-order valence-electron chi connectivity index (χ4n) is 4.39. The molecule has 1 heterocycles. The van der Waals surface area contributed by atoms with E-state index in [4.69, 9.17) is 23.9 Å². The average molecular weight is 488 g/mol. The Kier molecular flexibility index (Phi) is 7.84. The van der Waals surface area contributed by atoms with Gasteiger partial charge in [-0.3, -0.25) is 4.99 Å². The Labute approximate surface area is 202 Å². The highest BCUT2D eigenvalue weighted by atomic mass is 32.2. The summed E-state index contributed by atoms with van der Waals surface area (Å²) in [5, 5.41) is -0.793. The third kappa shape index (κ3) is 6.12. The minimum Gasteiger partial charge on any atom is -0.359 e. The molecule has 1 aliphatic carbocycles. The summed E-state index contributed by atoms with van der Waals surface area (Å²) in [5.74, 6) is -0.681. The summed E-state index contributed by atoms with van der Waals surface area (Å²) < 4.78 is 50.6. The molecule has 0 bridgehead atoms. The highest BCUT2D eigenvalue weighted by molar-refractivity contribution is 7.92. The van der Waals surface area contributed by atoms with E-state index in [1.807, 2.05) is 50.2 Å². The number of aliphatic imine (C=N–C) groups is 1. The van der Waals surface area contributed by atoms with Crippen LogP contribution in [-0.4, -0.2) is 64.4 Å². The average Bonchev–Trinajstić information content (AvgIpc) is 3.49. The molecular weight excluding hydrogens is 454 g/mol. The molecule has 2 aromatic rings. The second-order valence-electron chi connectivity index (χ2n) is 9.29. The lowest BCUT2D eigenvalue weighted by atomic mass is 10.0. The third-order valence-corrected chi connectivity index (χ3v) is 8.45. The van der Waals surface area contributed by atoms with Gasteiger partial charge < -0.3 is 18.9 Å². The van der Waals surface area contributed by atoms with Gasteiger partial charge in [-0.25, -0.2) is 8.42 Å². The minimum atomic E-state index is -3.71. The second-order valence-corrected chi connectivity index (χ2v) is 11.5. The van der Waals surface area contributed by atoms with E-state index in [1.54, 1.807) is 37.6 Å². The number of nitrogens with zero attached hydrogens (tertiary/aromatic N) is 1. The van der Waals surface area contributed by atoms with Gasteiger partial charge in [0.05, 0.1) is 28.9 Å². The monoisotopic (exact) mass is 487 g/mol. The summed E-state index contributed by atoms with van der Waals surface area (Å²) in [6, 6.07) is 17.6. The van der Waals surface area contributed by atoms with E-state index in [9.17, 15) is 8.42 Å². The molecule has 2 fully saturated rings. The Morgan fingerprint density at radius 2 is 1.79 bits per heavy atom. The number of ether oxygens (including phenoxy) is 4. The summed E-state index contributed by atoms with van der Waals surface area (Å²) >= 11 is 0. The first kappa shape index (κ1) is 25.0. The lowest BCUT2D eigenvalue weighted by Gasteiger charge is -2.29. The standard InChI is InChI=1S/C26H33NO6S/c1-26(2)32-17-23(33-26)25(27-16-19-10-6-4-7-11-19)24(15-20-14-22(20)31-18-30-3)34(28,29)21-12-8-5-9-13-21/h4-13,16,20,22-25H,14-15,17-18H2,1-3H3/t20-,22+,23+,24-,25-/m0/s1. The molecule has 184 valence electrons. The van der Waals surface area contributed by atoms with Crippen LogP contribution in [-0.2, 0) is 28.8 Å². The topological polar surface area (TPSA) is 83.4 Å². The van der Waals surface area contributed by atoms with E-state index in [-0.39, 0.29) is 30.3 Å². The quantitative estimate of drug-likeness (QED) is 0.354. The summed E-state index contributed by atoms with van der Waals surface area (Å²) in [5.41, 5.74) is 0.897. The van der Waals surface area contributed by atoms with Crippen LogP contribution in [0.15, 0.2) is 70.6 Å². The van der Waals surface area contributed by atoms with Gasteiger partial charge in [0, 0.05) is 13.3 Å². The molecule has 1 aliphatic heterocycles. The zero-order chi connectivity index (χ0) is 24.2. The fourth-order valence-corrected chi connectivity index (χ4v) is 6.39. The van der Waals surface area contributed by atoms with E-state index < -0.39 is 33.0 Å². The number of rotatable bonds is 11. The van der Waals surface area contributed by atoms with Crippen molar-refractivity contribution < 1.29 is 27.4 Å². The maximum atomic E-state index is 14.0. The molecule has 0 unspecified atom stereocenters. The minimum absolute atomic E-state index is 0.00985. The van der Waals surface area contributed by atoms with Crippen LogP contribution in [0.1, 0.15) is 32.3 Å². The van der Waals surface area contributed by atoms with Crippen molar-refractivity contribution in [1.82, 2.24) is 0 Å². The van der Waals surface area contributed by atoms with Crippen molar-refractivity contribution in [3.63, 3.8) is 0 Å². The fraction of sp³-hybridized carbons (Fsp3) is 0.500. The highest BCUT2D eigenvalue weighted by Gasteiger charge is 2.49. The molecule has 0 aromatic heterocycles. The van der Waals surface area contributed by atoms with Crippen LogP contribution in [0.3, 0.4) is 0 Å². The predicted molar refractivity (Wildman–Crippen MR) is 130 cm³/mol. The summed E-state index contributed by atoms with van der Waals surface area (Å²) in [4.78, 5) is 5.11. The van der Waals surface area contributed by atoms with E-state index >= 15 is 0 Å². The van der Waals surface area contributed by atoms with Crippen LogP contribution in [0.4, 0.5) is 0 Å². The number of benzene rings is 2. The van der Waals surface area contributed by atoms with Crippen LogP contribution in [0, 0.1) is 5.92 Å². The molecule has 0 radical (unpaired) electrons. The van der Waals surface area contributed by atoms with Gasteiger partial charge in [-0.05, 0) is 50.3 Å². The second kappa shape index (κ2) is 10.7. The molecule has 1 saturated heterocycles. The van der Waals surface area contributed by atoms with Crippen molar-refractivity contribution in [2.24, 2.45) is 10.9 Å². The molecule has 1 saturated carbocycles. The van der Waals surface area contributed by atoms with Crippen molar-refractivity contribution >= 4 is 16.1 Å². The molecule has 2 aliphatic rings. The number of sulfone groups is 1. The zero-order valence-corrected chi connectivity index (χ0v) is 20.7. The molecule has 7 nitrogen and oxygen atoms in total. The number of hydrogen-bond acceptors (Lipinski definition) is 7. The Morgan fingerprint density at radius 3 is 2.41 bits per heavy atom. The van der Waals surface area contributed by atoms with Crippen molar-refractivity contribution in [3.8, 4) is 0 Å². The molecule has 0 spiro atoms. The highest BCUT2D eigenvalue weighted by Crippen LogP contribution is 2.42. The van der Waals surface area contributed by atoms with E-state index in [1.165, 1.54) is 0 Å².